The van der Waals surface area contributed by atoms with Crippen molar-refractivity contribution < 1.29 is 37.9 Å². The Hall–Kier alpha value is 0.388. The molecule has 0 saturated carbocycles. The molecule has 0 aromatic carbocycles. The van der Waals surface area contributed by atoms with E-state index >= 15 is 0 Å². The maximum absolute atomic E-state index is 5.29. The van der Waals surface area contributed by atoms with Gasteiger partial charge in [-0.15, -0.1) is 0 Å². The van der Waals surface area contributed by atoms with Crippen LogP contribution in [0.2, 0.25) is 24.2 Å². The van der Waals surface area contributed by atoms with Gasteiger partial charge < -0.3 is 57.5 Å². The maximum Gasteiger partial charge on any atom is 0.134 e. The largest absolute Gasteiger partial charge is 0.360 e. The molecule has 2 aliphatic rings. The van der Waals surface area contributed by atoms with Gasteiger partial charge in [-0.3, -0.25) is 0 Å². The van der Waals surface area contributed by atoms with Crippen molar-refractivity contribution in [3.63, 3.8) is 0 Å². The average molecular weight is 757 g/mol. The zero-order valence-electron chi connectivity index (χ0n) is 32.3. The minimum Gasteiger partial charge on any atom is -0.360 e. The predicted octanol–water partition coefficient (Wildman–Crippen LogP) is -0.578. The second kappa shape index (κ2) is 32.1. The van der Waals surface area contributed by atoms with Crippen molar-refractivity contribution in [2.24, 2.45) is 0 Å². The molecule has 2 fully saturated rings. The van der Waals surface area contributed by atoms with Gasteiger partial charge in [-0.05, 0) is 51.9 Å². The number of ether oxygens (including phenoxy) is 8. The SMILES string of the molecule is COC(OC)[SiH2]CCCN1CCN(CCC[SiH2]C(OC)OC)CC1.COC(OC)[SiH2]CCCN1CCN(CCC[SiH2]C(OC)OC)CC1. The van der Waals surface area contributed by atoms with Crippen molar-refractivity contribution in [1.82, 2.24) is 19.6 Å². The molecule has 0 radical (unpaired) electrons. The lowest BCUT2D eigenvalue weighted by molar-refractivity contribution is -0.0443. The molecule has 0 atom stereocenters. The summed E-state index contributed by atoms with van der Waals surface area (Å²) in [6, 6.07) is 5.21. The smallest absolute Gasteiger partial charge is 0.134 e. The number of hydrogen-bond acceptors (Lipinski definition) is 12. The lowest BCUT2D eigenvalue weighted by Crippen LogP contribution is -2.46. The zero-order chi connectivity index (χ0) is 35.2. The van der Waals surface area contributed by atoms with Crippen LogP contribution in [0, 0.1) is 0 Å². The van der Waals surface area contributed by atoms with E-state index in [1.807, 2.05) is 0 Å². The van der Waals surface area contributed by atoms with Crippen LogP contribution in [0.4, 0.5) is 0 Å². The summed E-state index contributed by atoms with van der Waals surface area (Å²) in [6.45, 7) is 14.7. The van der Waals surface area contributed by atoms with Gasteiger partial charge >= 0.3 is 0 Å². The molecule has 2 heterocycles. The van der Waals surface area contributed by atoms with Gasteiger partial charge in [0.25, 0.3) is 0 Å². The van der Waals surface area contributed by atoms with Crippen LogP contribution in [-0.2, 0) is 37.9 Å². The van der Waals surface area contributed by atoms with Crippen LogP contribution in [0.1, 0.15) is 25.7 Å². The number of hydrogen-bond donors (Lipinski definition) is 0. The number of methoxy groups -OCH3 is 8. The van der Waals surface area contributed by atoms with Crippen molar-refractivity contribution in [3.8, 4) is 0 Å². The first-order chi connectivity index (χ1) is 23.5. The van der Waals surface area contributed by atoms with E-state index in [9.17, 15) is 0 Å². The second-order valence-electron chi connectivity index (χ2n) is 13.0. The minimum atomic E-state index is -0.255. The first-order valence-corrected chi connectivity index (χ1v) is 25.8. The molecule has 0 amide bonds. The number of piperazine rings is 2. The van der Waals surface area contributed by atoms with Crippen LogP contribution in [0.5, 0.6) is 0 Å². The van der Waals surface area contributed by atoms with Crippen molar-refractivity contribution in [2.45, 2.75) is 73.5 Å². The molecular formula is C32H76N4O8Si4. The third kappa shape index (κ3) is 23.0. The fourth-order valence-electron chi connectivity index (χ4n) is 6.39. The highest BCUT2D eigenvalue weighted by Gasteiger charge is 2.18. The fraction of sp³-hybridized carbons (Fsp3) is 1.00. The van der Waals surface area contributed by atoms with Crippen LogP contribution in [0.3, 0.4) is 0 Å². The Bertz CT molecular complexity index is 575. The lowest BCUT2D eigenvalue weighted by Gasteiger charge is -2.34. The van der Waals surface area contributed by atoms with Gasteiger partial charge in [-0.2, -0.15) is 0 Å². The molecule has 0 spiro atoms. The van der Waals surface area contributed by atoms with Gasteiger partial charge in [0, 0.05) is 109 Å². The van der Waals surface area contributed by atoms with E-state index in [1.54, 1.807) is 56.9 Å². The summed E-state index contributed by atoms with van der Waals surface area (Å²) >= 11 is 0. The first-order valence-electron chi connectivity index (χ1n) is 18.6. The molecule has 0 aromatic heterocycles. The normalized spacial score (nSPS) is 18.2. The Morgan fingerprint density at radius 1 is 0.333 bits per heavy atom. The van der Waals surface area contributed by atoms with Gasteiger partial charge in [0.15, 0.2) is 0 Å². The van der Waals surface area contributed by atoms with Crippen molar-refractivity contribution in [2.75, 3.05) is 135 Å². The number of rotatable bonds is 28. The van der Waals surface area contributed by atoms with Crippen LogP contribution >= 0.6 is 0 Å². The van der Waals surface area contributed by atoms with E-state index in [-0.39, 0.29) is 61.7 Å². The molecule has 0 bridgehead atoms. The van der Waals surface area contributed by atoms with Gasteiger partial charge in [0.05, 0.1) is 38.1 Å². The van der Waals surface area contributed by atoms with Crippen LogP contribution < -0.4 is 0 Å². The zero-order valence-corrected chi connectivity index (χ0v) is 38.0. The van der Waals surface area contributed by atoms with E-state index in [0.29, 0.717) is 0 Å². The molecule has 12 nitrogen and oxygen atoms in total. The Kier molecular flexibility index (Phi) is 31.0. The summed E-state index contributed by atoms with van der Waals surface area (Å²) in [4.78, 5) is 10.4. The molecule has 2 rings (SSSR count). The molecule has 0 aromatic rings. The van der Waals surface area contributed by atoms with Gasteiger partial charge in [0.2, 0.25) is 0 Å². The van der Waals surface area contributed by atoms with Crippen LogP contribution in [-0.4, -0.2) is 217 Å². The third-order valence-electron chi connectivity index (χ3n) is 9.69. The molecule has 2 saturated heterocycles. The van der Waals surface area contributed by atoms with E-state index in [2.05, 4.69) is 19.6 Å². The van der Waals surface area contributed by atoms with E-state index < -0.39 is 0 Å². The Labute approximate surface area is 303 Å². The quantitative estimate of drug-likeness (QED) is 0.0583. The van der Waals surface area contributed by atoms with Gasteiger partial charge in [-0.1, -0.05) is 24.2 Å². The van der Waals surface area contributed by atoms with Crippen LogP contribution in [0.25, 0.3) is 0 Å². The Balaban J connectivity index is 0.000000480. The highest BCUT2D eigenvalue weighted by Crippen LogP contribution is 2.08. The Morgan fingerprint density at radius 2 is 0.500 bits per heavy atom. The van der Waals surface area contributed by atoms with E-state index in [1.165, 1.54) is 128 Å². The van der Waals surface area contributed by atoms with Crippen LogP contribution in [0.15, 0.2) is 0 Å². The summed E-state index contributed by atoms with van der Waals surface area (Å²) in [5.74, 6) is 0.393. The molecule has 0 aliphatic carbocycles. The molecule has 2 aliphatic heterocycles. The molecule has 48 heavy (non-hydrogen) atoms. The summed E-state index contributed by atoms with van der Waals surface area (Å²) in [6.07, 6.45) is 5.15. The average Bonchev–Trinajstić information content (AvgIpc) is 3.13. The van der Waals surface area contributed by atoms with E-state index in [0.717, 1.165) is 0 Å². The van der Waals surface area contributed by atoms with Crippen molar-refractivity contribution in [3.05, 3.63) is 0 Å². The summed E-state index contributed by atoms with van der Waals surface area (Å²) in [7, 11) is 12.9. The number of nitrogens with zero attached hydrogens (tertiary/aromatic N) is 4. The highest BCUT2D eigenvalue weighted by molar-refractivity contribution is 6.37. The molecular weight excluding hydrogens is 681 g/mol. The van der Waals surface area contributed by atoms with Gasteiger partial charge in [-0.25, -0.2) is 0 Å². The first kappa shape index (κ1) is 46.4. The van der Waals surface area contributed by atoms with Crippen molar-refractivity contribution in [1.29, 1.82) is 0 Å². The third-order valence-corrected chi connectivity index (χ3v) is 17.9. The predicted molar refractivity (Wildman–Crippen MR) is 209 cm³/mol. The minimum absolute atomic E-state index is 0.0983. The van der Waals surface area contributed by atoms with Crippen molar-refractivity contribution >= 4 is 38.1 Å². The van der Waals surface area contributed by atoms with Gasteiger partial charge in [0.1, 0.15) is 23.7 Å². The maximum atomic E-state index is 5.29. The summed E-state index contributed by atoms with van der Waals surface area (Å²) in [5, 5.41) is 0. The standard InChI is InChI=1S/2C16H38N2O4Si2/c2*1-19-15(20-2)23-13-5-7-17-9-11-18(12-10-17)8-6-14-24-16(21-3)22-4/h2*15-16H,5-14,23-24H2,1-4H3. The molecule has 16 heteroatoms. The Morgan fingerprint density at radius 3 is 0.646 bits per heavy atom. The monoisotopic (exact) mass is 756 g/mol. The second-order valence-corrected chi connectivity index (χ2v) is 20.8. The lowest BCUT2D eigenvalue weighted by atomic mass is 10.3. The highest BCUT2D eigenvalue weighted by atomic mass is 28.2. The van der Waals surface area contributed by atoms with E-state index in [4.69, 9.17) is 37.9 Å². The topological polar surface area (TPSA) is 86.8 Å². The fourth-order valence-corrected chi connectivity index (χ4v) is 11.7. The molecule has 0 N–H and O–H groups in total. The summed E-state index contributed by atoms with van der Waals surface area (Å²) in [5.41, 5.74) is 0. The molecule has 288 valence electrons. The molecule has 0 unspecified atom stereocenters. The summed E-state index contributed by atoms with van der Waals surface area (Å²) < 4.78 is 42.3.